The molecule has 0 aliphatic carbocycles. The summed E-state index contributed by atoms with van der Waals surface area (Å²) in [6, 6.07) is 0. The van der Waals surface area contributed by atoms with Crippen molar-refractivity contribution >= 4 is 8.07 Å². The number of ether oxygens (including phenoxy) is 1. The molecule has 0 aromatic rings. The molecule has 0 unspecified atom stereocenters. The fourth-order valence-corrected chi connectivity index (χ4v) is 1.20. The van der Waals surface area contributed by atoms with Gasteiger partial charge in [0.05, 0.1) is 0 Å². The maximum absolute atomic E-state index is 8.12. The van der Waals surface area contributed by atoms with E-state index in [4.69, 9.17) is 11.6 Å². The summed E-state index contributed by atoms with van der Waals surface area (Å²) in [5.74, 6) is 0.510. The Morgan fingerprint density at radius 2 is 2.00 bits per heavy atom. The molecule has 2 heteroatoms. The van der Waals surface area contributed by atoms with Crippen molar-refractivity contribution in [3.63, 3.8) is 0 Å². The summed E-state index contributed by atoms with van der Waals surface area (Å²) in [5.41, 5.74) is 2.91. The van der Waals surface area contributed by atoms with E-state index in [2.05, 4.69) is 11.5 Å². The number of rotatable bonds is 0. The summed E-state index contributed by atoms with van der Waals surface area (Å²) in [7, 11) is -1.77. The first-order chi connectivity index (χ1) is 7.41. The van der Waals surface area contributed by atoms with Crippen LogP contribution in [0.2, 0.25) is 19.6 Å². The molecule has 0 aromatic carbocycles. The minimum atomic E-state index is -2.10. The molecule has 0 amide bonds. The Bertz CT molecular complexity index is 347. The Labute approximate surface area is 83.5 Å². The van der Waals surface area contributed by atoms with Crippen LogP contribution in [0.1, 0.15) is 19.6 Å². The van der Waals surface area contributed by atoms with Gasteiger partial charge in [-0.25, -0.2) is 0 Å². The van der Waals surface area contributed by atoms with Gasteiger partial charge in [0.2, 0.25) is 0 Å². The second kappa shape index (κ2) is 4.11. The lowest BCUT2D eigenvalue weighted by Gasteiger charge is -2.17. The van der Waals surface area contributed by atoms with Crippen molar-refractivity contribution in [3.8, 4) is 11.5 Å². The molecular weight excluding hydrogens is 164 g/mol. The van der Waals surface area contributed by atoms with Crippen LogP contribution in [0.4, 0.5) is 0 Å². The van der Waals surface area contributed by atoms with E-state index in [0.717, 1.165) is 0 Å². The van der Waals surface area contributed by atoms with Gasteiger partial charge < -0.3 is 4.74 Å². The molecular formula is C10H18OSi. The highest BCUT2D eigenvalue weighted by atomic mass is 28.3. The van der Waals surface area contributed by atoms with E-state index in [1.165, 1.54) is 0 Å². The summed E-state index contributed by atoms with van der Waals surface area (Å²) in [4.78, 5) is 0. The molecule has 1 aliphatic heterocycles. The Hall–Kier alpha value is -0.263. The molecule has 0 bridgehead atoms. The van der Waals surface area contributed by atoms with Crippen molar-refractivity contribution in [2.24, 2.45) is 5.89 Å². The van der Waals surface area contributed by atoms with Crippen LogP contribution in [-0.4, -0.2) is 21.3 Å². The van der Waals surface area contributed by atoms with Gasteiger partial charge in [0, 0.05) is 26.0 Å². The quantitative estimate of drug-likeness (QED) is 0.418. The van der Waals surface area contributed by atoms with Gasteiger partial charge in [-0.1, -0.05) is 19.6 Å². The van der Waals surface area contributed by atoms with Crippen molar-refractivity contribution < 1.29 is 11.6 Å². The molecule has 68 valence electrons. The second-order valence-electron chi connectivity index (χ2n) is 3.72. The van der Waals surface area contributed by atoms with Crippen LogP contribution in [-0.2, 0) is 4.74 Å². The molecule has 12 heavy (non-hydrogen) atoms. The zero-order valence-corrected chi connectivity index (χ0v) is 8.82. The van der Waals surface area contributed by atoms with Gasteiger partial charge >= 0.3 is 0 Å². The minimum Gasteiger partial charge on any atom is -0.381 e. The smallest absolute Gasteiger partial charge is 0.129 e. The lowest BCUT2D eigenvalue weighted by atomic mass is 10.0. The van der Waals surface area contributed by atoms with Crippen LogP contribution in [0.5, 0.6) is 0 Å². The molecule has 0 aromatic heterocycles. The largest absolute Gasteiger partial charge is 0.381 e. The Morgan fingerprint density at radius 1 is 1.42 bits per heavy atom. The highest BCUT2D eigenvalue weighted by molar-refractivity contribution is 6.83. The summed E-state index contributed by atoms with van der Waals surface area (Å²) in [6.45, 7) is 5.38. The Morgan fingerprint density at radius 3 is 2.50 bits per heavy atom. The van der Waals surface area contributed by atoms with E-state index in [-0.39, 0.29) is 13.2 Å². The standard InChI is InChI=1S/C10H18OSi/c1-12(2,3)9-6-10-4-7-11-8-5-10/h10H,4-5,7-8H2,1-3H3/i4D2,5D2,10D. The first-order valence-electron chi connectivity index (χ1n) is 6.53. The SMILES string of the molecule is [2H]C1([2H])COCC([2H])([2H])C1([2H])C#C[Si](C)(C)C. The monoisotopic (exact) mass is 187 g/mol. The molecule has 1 heterocycles. The van der Waals surface area contributed by atoms with Gasteiger partial charge in [-0.05, 0) is 12.7 Å². The highest BCUT2D eigenvalue weighted by Gasteiger charge is 2.12. The molecule has 0 atom stereocenters. The first-order valence-corrected chi connectivity index (χ1v) is 7.53. The Balaban J connectivity index is 3.22. The third kappa shape index (κ3) is 3.94. The molecule has 1 fully saturated rings. The average Bonchev–Trinajstić information content (AvgIpc) is 2.09. The van der Waals surface area contributed by atoms with Crippen LogP contribution < -0.4 is 0 Å². The van der Waals surface area contributed by atoms with Crippen LogP contribution in [0.25, 0.3) is 0 Å². The van der Waals surface area contributed by atoms with Gasteiger partial charge in [-0.2, -0.15) is 0 Å². The van der Waals surface area contributed by atoms with E-state index >= 15 is 0 Å². The normalized spacial score (nSPS) is 37.1. The topological polar surface area (TPSA) is 9.23 Å². The molecule has 0 N–H and O–H groups in total. The van der Waals surface area contributed by atoms with Gasteiger partial charge in [-0.15, -0.1) is 11.5 Å². The molecule has 0 radical (unpaired) electrons. The van der Waals surface area contributed by atoms with Gasteiger partial charge in [-0.3, -0.25) is 0 Å². The van der Waals surface area contributed by atoms with E-state index < -0.39 is 26.7 Å². The molecule has 0 saturated carbocycles. The Kier molecular flexibility index (Phi) is 1.65. The maximum atomic E-state index is 8.12. The molecule has 1 aliphatic rings. The lowest BCUT2D eigenvalue weighted by Crippen LogP contribution is -2.19. The van der Waals surface area contributed by atoms with Crippen molar-refractivity contribution in [1.82, 2.24) is 0 Å². The van der Waals surface area contributed by atoms with Gasteiger partial charge in [0.15, 0.2) is 0 Å². The van der Waals surface area contributed by atoms with Gasteiger partial charge in [0.1, 0.15) is 8.07 Å². The number of hydrogen-bond acceptors (Lipinski definition) is 1. The zero-order chi connectivity index (χ0) is 13.5. The summed E-state index contributed by atoms with van der Waals surface area (Å²) >= 11 is 0. The van der Waals surface area contributed by atoms with E-state index in [0.29, 0.717) is 0 Å². The third-order valence-corrected chi connectivity index (χ3v) is 2.14. The summed E-state index contributed by atoms with van der Waals surface area (Å²) in [6.07, 6.45) is -4.19. The molecule has 1 nitrogen and oxygen atoms in total. The maximum Gasteiger partial charge on any atom is 0.129 e. The first kappa shape index (κ1) is 4.83. The highest BCUT2D eigenvalue weighted by Crippen LogP contribution is 2.13. The third-order valence-electron chi connectivity index (χ3n) is 1.26. The van der Waals surface area contributed by atoms with Crippen molar-refractivity contribution in [2.75, 3.05) is 13.2 Å². The van der Waals surface area contributed by atoms with Crippen LogP contribution in [0.15, 0.2) is 0 Å². The minimum absolute atomic E-state index is 0.281. The fourth-order valence-electron chi connectivity index (χ4n) is 0.698. The predicted octanol–water partition coefficient (Wildman–Crippen LogP) is 2.29. The van der Waals surface area contributed by atoms with Crippen molar-refractivity contribution in [3.05, 3.63) is 0 Å². The zero-order valence-electron chi connectivity index (χ0n) is 12.8. The fraction of sp³-hybridized carbons (Fsp3) is 0.800. The van der Waals surface area contributed by atoms with Crippen LogP contribution in [0.3, 0.4) is 0 Å². The molecule has 1 rings (SSSR count). The van der Waals surface area contributed by atoms with Crippen LogP contribution >= 0.6 is 0 Å². The molecule has 0 spiro atoms. The van der Waals surface area contributed by atoms with Crippen molar-refractivity contribution in [2.45, 2.75) is 32.4 Å². The van der Waals surface area contributed by atoms with E-state index in [1.807, 2.05) is 19.6 Å². The second-order valence-corrected chi connectivity index (χ2v) is 8.47. The van der Waals surface area contributed by atoms with Gasteiger partial charge in [0.25, 0.3) is 0 Å². The average molecular weight is 187 g/mol. The van der Waals surface area contributed by atoms with Crippen molar-refractivity contribution in [1.29, 1.82) is 0 Å². The van der Waals surface area contributed by atoms with E-state index in [1.54, 1.807) is 0 Å². The van der Waals surface area contributed by atoms with Crippen LogP contribution in [0, 0.1) is 17.4 Å². The predicted molar refractivity (Wildman–Crippen MR) is 54.7 cm³/mol. The summed E-state index contributed by atoms with van der Waals surface area (Å²) < 4.78 is 44.1. The van der Waals surface area contributed by atoms with E-state index in [9.17, 15) is 0 Å². The summed E-state index contributed by atoms with van der Waals surface area (Å²) in [5, 5.41) is 0. The molecule has 1 saturated heterocycles. The number of hydrogen-bond donors (Lipinski definition) is 0. The lowest BCUT2D eigenvalue weighted by molar-refractivity contribution is 0.0807.